The largest absolute Gasteiger partial charge is 0.493 e. The van der Waals surface area contributed by atoms with Crippen LogP contribution in [0.5, 0.6) is 11.5 Å². The molecule has 1 aliphatic rings. The molecule has 0 amide bonds. The molecule has 0 bridgehead atoms. The van der Waals surface area contributed by atoms with Gasteiger partial charge in [-0.1, -0.05) is 15.9 Å². The van der Waals surface area contributed by atoms with Crippen LogP contribution in [0.3, 0.4) is 0 Å². The van der Waals surface area contributed by atoms with Gasteiger partial charge in [0.25, 0.3) is 0 Å². The van der Waals surface area contributed by atoms with Crippen molar-refractivity contribution in [1.82, 2.24) is 0 Å². The lowest BCUT2D eigenvalue weighted by Gasteiger charge is -2.21. The second-order valence-electron chi connectivity index (χ2n) is 4.83. The number of nitrogens with two attached hydrogens (primary N) is 1. The molecule has 0 spiro atoms. The molecule has 1 saturated carbocycles. The summed E-state index contributed by atoms with van der Waals surface area (Å²) in [6.07, 6.45) is 4.29. The summed E-state index contributed by atoms with van der Waals surface area (Å²) in [5.41, 5.74) is 6.19. The number of benzene rings is 1. The minimum absolute atomic E-state index is 0.0953. The predicted molar refractivity (Wildman–Crippen MR) is 78.1 cm³/mol. The van der Waals surface area contributed by atoms with Crippen LogP contribution < -0.4 is 15.2 Å². The van der Waals surface area contributed by atoms with Crippen molar-refractivity contribution < 1.29 is 19.4 Å². The topological polar surface area (TPSA) is 81.8 Å². The van der Waals surface area contributed by atoms with E-state index in [9.17, 15) is 4.79 Å². The summed E-state index contributed by atoms with van der Waals surface area (Å²) in [5.74, 6) is -0.161. The summed E-state index contributed by atoms with van der Waals surface area (Å²) in [6, 6.07) is 2.31. The summed E-state index contributed by atoms with van der Waals surface area (Å²) in [6.45, 7) is 0. The minimum Gasteiger partial charge on any atom is -0.493 e. The number of carboxylic acid groups (broad SMARTS) is 1. The molecule has 1 atom stereocenters. The molecule has 6 heteroatoms. The lowest BCUT2D eigenvalue weighted by molar-refractivity contribution is -0.138. The Kier molecular flexibility index (Phi) is 4.88. The van der Waals surface area contributed by atoms with Crippen molar-refractivity contribution in [2.45, 2.75) is 37.8 Å². The maximum Gasteiger partial charge on any atom is 0.325 e. The lowest BCUT2D eigenvalue weighted by Crippen LogP contribution is -2.23. The lowest BCUT2D eigenvalue weighted by atomic mass is 10.1. The first-order valence-corrected chi connectivity index (χ1v) is 7.35. The van der Waals surface area contributed by atoms with Crippen molar-refractivity contribution in [3.8, 4) is 11.5 Å². The molecule has 1 aromatic carbocycles. The molecule has 1 fully saturated rings. The molecule has 0 radical (unpaired) electrons. The first-order chi connectivity index (χ1) is 9.54. The van der Waals surface area contributed by atoms with Gasteiger partial charge in [0, 0.05) is 10.0 Å². The highest BCUT2D eigenvalue weighted by molar-refractivity contribution is 9.10. The smallest absolute Gasteiger partial charge is 0.325 e. The Balaban J connectivity index is 2.43. The fourth-order valence-electron chi connectivity index (χ4n) is 2.42. The number of carboxylic acids is 1. The normalized spacial score (nSPS) is 16.9. The summed E-state index contributed by atoms with van der Waals surface area (Å²) >= 11 is 3.35. The van der Waals surface area contributed by atoms with Crippen LogP contribution in [0.15, 0.2) is 16.6 Å². The van der Waals surface area contributed by atoms with Crippen molar-refractivity contribution in [2.75, 3.05) is 7.11 Å². The first-order valence-electron chi connectivity index (χ1n) is 6.56. The zero-order valence-electron chi connectivity index (χ0n) is 11.3. The molecule has 1 aromatic rings. The van der Waals surface area contributed by atoms with E-state index in [2.05, 4.69) is 15.9 Å². The highest BCUT2D eigenvalue weighted by atomic mass is 79.9. The van der Waals surface area contributed by atoms with Gasteiger partial charge >= 0.3 is 5.97 Å². The van der Waals surface area contributed by atoms with Crippen molar-refractivity contribution >= 4 is 21.9 Å². The molecule has 110 valence electrons. The average molecular weight is 344 g/mol. The second-order valence-corrected chi connectivity index (χ2v) is 5.69. The van der Waals surface area contributed by atoms with Crippen LogP contribution in [0.4, 0.5) is 0 Å². The number of hydrogen-bond donors (Lipinski definition) is 2. The SMILES string of the molecule is COc1ccc(Br)c(C(N)C(=O)O)c1OC1CCCC1. The molecule has 0 aromatic heterocycles. The Morgan fingerprint density at radius 3 is 2.65 bits per heavy atom. The van der Waals surface area contributed by atoms with E-state index in [4.69, 9.17) is 20.3 Å². The van der Waals surface area contributed by atoms with E-state index < -0.39 is 12.0 Å². The van der Waals surface area contributed by atoms with Gasteiger partial charge in [-0.2, -0.15) is 0 Å². The standard InChI is InChI=1S/C14H18BrNO4/c1-19-10-7-6-9(15)11(12(16)14(17)18)13(10)20-8-4-2-3-5-8/h6-8,12H,2-5,16H2,1H3,(H,17,18). The Hall–Kier alpha value is -1.27. The summed E-state index contributed by atoms with van der Waals surface area (Å²) in [5, 5.41) is 9.17. The molecule has 5 nitrogen and oxygen atoms in total. The number of hydrogen-bond acceptors (Lipinski definition) is 4. The fourth-order valence-corrected chi connectivity index (χ4v) is 2.98. The third kappa shape index (κ3) is 3.07. The number of rotatable bonds is 5. The molecular formula is C14H18BrNO4. The van der Waals surface area contributed by atoms with Gasteiger partial charge in [0.1, 0.15) is 6.04 Å². The number of aliphatic carboxylic acids is 1. The third-order valence-corrected chi connectivity index (χ3v) is 4.18. The summed E-state index contributed by atoms with van der Waals surface area (Å²) in [4.78, 5) is 11.2. The van der Waals surface area contributed by atoms with E-state index >= 15 is 0 Å². The van der Waals surface area contributed by atoms with Crippen LogP contribution in [-0.4, -0.2) is 24.3 Å². The maximum absolute atomic E-state index is 11.2. The van der Waals surface area contributed by atoms with Crippen LogP contribution in [-0.2, 0) is 4.79 Å². The zero-order chi connectivity index (χ0) is 14.7. The Labute approximate surface area is 126 Å². The van der Waals surface area contributed by atoms with Crippen LogP contribution in [0.2, 0.25) is 0 Å². The molecule has 0 heterocycles. The van der Waals surface area contributed by atoms with E-state index in [-0.39, 0.29) is 6.10 Å². The quantitative estimate of drug-likeness (QED) is 0.858. The van der Waals surface area contributed by atoms with E-state index in [1.54, 1.807) is 12.1 Å². The van der Waals surface area contributed by atoms with Crippen LogP contribution in [0.25, 0.3) is 0 Å². The highest BCUT2D eigenvalue weighted by Gasteiger charge is 2.27. The van der Waals surface area contributed by atoms with Crippen LogP contribution in [0, 0.1) is 0 Å². The van der Waals surface area contributed by atoms with Gasteiger partial charge in [0.2, 0.25) is 0 Å². The van der Waals surface area contributed by atoms with Gasteiger partial charge in [0.05, 0.1) is 13.2 Å². The van der Waals surface area contributed by atoms with Gasteiger partial charge in [-0.15, -0.1) is 0 Å². The van der Waals surface area contributed by atoms with Crippen molar-refractivity contribution in [1.29, 1.82) is 0 Å². The minimum atomic E-state index is -1.16. The van der Waals surface area contributed by atoms with E-state index in [1.807, 2.05) is 0 Å². The van der Waals surface area contributed by atoms with E-state index in [0.29, 0.717) is 21.5 Å². The molecule has 2 rings (SSSR count). The van der Waals surface area contributed by atoms with Crippen LogP contribution >= 0.6 is 15.9 Å². The number of methoxy groups -OCH3 is 1. The summed E-state index contributed by atoms with van der Waals surface area (Å²) in [7, 11) is 1.53. The monoisotopic (exact) mass is 343 g/mol. The summed E-state index contributed by atoms with van der Waals surface area (Å²) < 4.78 is 11.9. The molecule has 1 aliphatic carbocycles. The number of carbonyl (C=O) groups is 1. The van der Waals surface area contributed by atoms with Gasteiger partial charge in [0.15, 0.2) is 11.5 Å². The third-order valence-electron chi connectivity index (χ3n) is 3.49. The van der Waals surface area contributed by atoms with Gasteiger partial charge in [-0.25, -0.2) is 0 Å². The molecule has 0 aliphatic heterocycles. The Morgan fingerprint density at radius 2 is 2.10 bits per heavy atom. The van der Waals surface area contributed by atoms with Crippen LogP contribution in [0.1, 0.15) is 37.3 Å². The highest BCUT2D eigenvalue weighted by Crippen LogP contribution is 2.41. The average Bonchev–Trinajstić information content (AvgIpc) is 2.91. The fraction of sp³-hybridized carbons (Fsp3) is 0.500. The Bertz CT molecular complexity index is 500. The molecule has 20 heavy (non-hydrogen) atoms. The van der Waals surface area contributed by atoms with Crippen molar-refractivity contribution in [3.63, 3.8) is 0 Å². The van der Waals surface area contributed by atoms with Gasteiger partial charge in [-0.3, -0.25) is 4.79 Å². The molecule has 3 N–H and O–H groups in total. The number of ether oxygens (including phenoxy) is 2. The zero-order valence-corrected chi connectivity index (χ0v) is 12.9. The van der Waals surface area contributed by atoms with Crippen molar-refractivity contribution in [2.24, 2.45) is 5.73 Å². The maximum atomic E-state index is 11.2. The molecule has 1 unspecified atom stereocenters. The van der Waals surface area contributed by atoms with Crippen molar-refractivity contribution in [3.05, 3.63) is 22.2 Å². The Morgan fingerprint density at radius 1 is 1.45 bits per heavy atom. The molecular weight excluding hydrogens is 326 g/mol. The van der Waals surface area contributed by atoms with Gasteiger partial charge in [-0.05, 0) is 37.8 Å². The van der Waals surface area contributed by atoms with Gasteiger partial charge < -0.3 is 20.3 Å². The van der Waals surface area contributed by atoms with E-state index in [1.165, 1.54) is 7.11 Å². The number of halogens is 1. The molecule has 0 saturated heterocycles. The predicted octanol–water partition coefficient (Wildman–Crippen LogP) is 2.86. The first kappa shape index (κ1) is 15.1. The van der Waals surface area contributed by atoms with E-state index in [0.717, 1.165) is 25.7 Å². The second kappa shape index (κ2) is 6.45.